The second-order valence-electron chi connectivity index (χ2n) is 19.2. The Kier molecular flexibility index (Phi) is 52.8. The summed E-state index contributed by atoms with van der Waals surface area (Å²) in [6, 6.07) is 0. The van der Waals surface area contributed by atoms with Gasteiger partial charge in [0.15, 0.2) is 6.10 Å². The predicted octanol–water partition coefficient (Wildman–Crippen LogP) is 19.0. The lowest BCUT2D eigenvalue weighted by atomic mass is 10.0. The van der Waals surface area contributed by atoms with Crippen LogP contribution in [0.4, 0.5) is 0 Å². The third-order valence-electron chi connectivity index (χ3n) is 12.6. The minimum atomic E-state index is -0.783. The van der Waals surface area contributed by atoms with Gasteiger partial charge in [0.2, 0.25) is 0 Å². The van der Waals surface area contributed by atoms with Crippen LogP contribution in [0, 0.1) is 0 Å². The van der Waals surface area contributed by atoms with Crippen molar-refractivity contribution in [2.75, 3.05) is 13.2 Å². The molecule has 0 N–H and O–H groups in total. The van der Waals surface area contributed by atoms with Gasteiger partial charge in [-0.25, -0.2) is 0 Å². The van der Waals surface area contributed by atoms with E-state index >= 15 is 0 Å². The first-order valence-corrected chi connectivity index (χ1v) is 28.6. The number of ether oxygens (including phenoxy) is 3. The van der Waals surface area contributed by atoms with E-state index in [0.29, 0.717) is 19.3 Å². The molecule has 66 heavy (non-hydrogen) atoms. The van der Waals surface area contributed by atoms with Gasteiger partial charge in [-0.3, -0.25) is 14.4 Å². The number of allylic oxidation sites excluding steroid dienone is 8. The summed E-state index contributed by atoms with van der Waals surface area (Å²) in [5.41, 5.74) is 0. The lowest BCUT2D eigenvalue weighted by Crippen LogP contribution is -2.30. The maximum atomic E-state index is 12.8. The fourth-order valence-electron chi connectivity index (χ4n) is 8.28. The zero-order chi connectivity index (χ0) is 47.9. The van der Waals surface area contributed by atoms with Crippen LogP contribution in [0.1, 0.15) is 297 Å². The summed E-state index contributed by atoms with van der Waals surface area (Å²) in [5, 5.41) is 0. The third-order valence-corrected chi connectivity index (χ3v) is 12.6. The van der Waals surface area contributed by atoms with Crippen molar-refractivity contribution in [2.24, 2.45) is 0 Å². The standard InChI is InChI=1S/C60H108O6/c1-4-7-10-13-16-19-22-25-27-28-29-30-31-32-34-35-38-41-44-47-50-53-59(62)65-56-57(55-64-58(61)52-49-46-43-40-37-24-21-18-15-12-9-6-3)66-60(63)54-51-48-45-42-39-36-33-26-23-20-17-14-11-8-5-2/h8,11,17-18,20-21,26,33,57H,4-7,9-10,12-16,19,22-25,27-32,34-56H2,1-3H3/b11-8-,20-17-,21-18-,33-26-. The fourth-order valence-corrected chi connectivity index (χ4v) is 8.28. The molecule has 0 bridgehead atoms. The minimum Gasteiger partial charge on any atom is -0.462 e. The first kappa shape index (κ1) is 63.4. The summed E-state index contributed by atoms with van der Waals surface area (Å²) in [5.74, 6) is -0.894. The molecule has 384 valence electrons. The second-order valence-corrected chi connectivity index (χ2v) is 19.2. The lowest BCUT2D eigenvalue weighted by Gasteiger charge is -2.18. The molecule has 6 heteroatoms. The average molecular weight is 926 g/mol. The van der Waals surface area contributed by atoms with Crippen molar-refractivity contribution in [3.63, 3.8) is 0 Å². The SMILES string of the molecule is CC/C=C\C/C=C\C/C=C\CCCCCCCC(=O)OC(COC(=O)CCCCCCC/C=C\CCCCC)COC(=O)CCCCCCCCCCCCCCCCCCCCCCC. The van der Waals surface area contributed by atoms with Gasteiger partial charge in [-0.2, -0.15) is 0 Å². The van der Waals surface area contributed by atoms with Crippen LogP contribution >= 0.6 is 0 Å². The number of rotatable bonds is 52. The number of carbonyl (C=O) groups is 3. The van der Waals surface area contributed by atoms with Crippen LogP contribution in [-0.2, 0) is 28.6 Å². The van der Waals surface area contributed by atoms with Crippen LogP contribution in [-0.4, -0.2) is 37.2 Å². The molecule has 0 aromatic carbocycles. The zero-order valence-electron chi connectivity index (χ0n) is 44.0. The summed E-state index contributed by atoms with van der Waals surface area (Å²) < 4.78 is 16.8. The van der Waals surface area contributed by atoms with Crippen LogP contribution in [0.15, 0.2) is 48.6 Å². The monoisotopic (exact) mass is 925 g/mol. The van der Waals surface area contributed by atoms with E-state index in [9.17, 15) is 14.4 Å². The Balaban J connectivity index is 4.30. The highest BCUT2D eigenvalue weighted by Crippen LogP contribution is 2.17. The van der Waals surface area contributed by atoms with Gasteiger partial charge in [0.1, 0.15) is 13.2 Å². The summed E-state index contributed by atoms with van der Waals surface area (Å²) in [4.78, 5) is 38.1. The molecule has 0 heterocycles. The molecular formula is C60H108O6. The third kappa shape index (κ3) is 52.3. The van der Waals surface area contributed by atoms with E-state index < -0.39 is 6.10 Å². The number of hydrogen-bond donors (Lipinski definition) is 0. The number of carbonyl (C=O) groups excluding carboxylic acids is 3. The Morgan fingerprint density at radius 3 is 0.970 bits per heavy atom. The average Bonchev–Trinajstić information content (AvgIpc) is 3.31. The number of unbranched alkanes of at least 4 members (excludes halogenated alkanes) is 33. The molecule has 0 fully saturated rings. The van der Waals surface area contributed by atoms with E-state index in [4.69, 9.17) is 14.2 Å². The summed E-state index contributed by atoms with van der Waals surface area (Å²) in [6.45, 7) is 6.52. The van der Waals surface area contributed by atoms with E-state index in [2.05, 4.69) is 69.4 Å². The summed E-state index contributed by atoms with van der Waals surface area (Å²) >= 11 is 0. The second kappa shape index (κ2) is 55.0. The van der Waals surface area contributed by atoms with Crippen LogP contribution in [0.25, 0.3) is 0 Å². The quantitative estimate of drug-likeness (QED) is 0.0262. The molecule has 0 amide bonds. The van der Waals surface area contributed by atoms with Gasteiger partial charge in [-0.15, -0.1) is 0 Å². The van der Waals surface area contributed by atoms with Gasteiger partial charge in [0, 0.05) is 19.3 Å². The minimum absolute atomic E-state index is 0.0800. The fraction of sp³-hybridized carbons (Fsp3) is 0.817. The molecule has 1 atom stereocenters. The highest BCUT2D eigenvalue weighted by molar-refractivity contribution is 5.71. The molecule has 0 aliphatic carbocycles. The van der Waals surface area contributed by atoms with Gasteiger partial charge in [-0.1, -0.05) is 249 Å². The number of hydrogen-bond acceptors (Lipinski definition) is 6. The van der Waals surface area contributed by atoms with Crippen molar-refractivity contribution in [1.82, 2.24) is 0 Å². The summed E-state index contributed by atoms with van der Waals surface area (Å²) in [6.07, 6.45) is 66.8. The molecule has 0 rings (SSSR count). The molecule has 0 aromatic rings. The van der Waals surface area contributed by atoms with Crippen molar-refractivity contribution >= 4 is 17.9 Å². The number of esters is 3. The molecular weight excluding hydrogens is 817 g/mol. The van der Waals surface area contributed by atoms with Gasteiger partial charge in [-0.05, 0) is 77.0 Å². The topological polar surface area (TPSA) is 78.9 Å². The Labute approximate surface area is 409 Å². The van der Waals surface area contributed by atoms with Gasteiger partial charge in [0.25, 0.3) is 0 Å². The molecule has 6 nitrogen and oxygen atoms in total. The van der Waals surface area contributed by atoms with Gasteiger partial charge >= 0.3 is 17.9 Å². The van der Waals surface area contributed by atoms with Crippen molar-refractivity contribution in [3.05, 3.63) is 48.6 Å². The largest absolute Gasteiger partial charge is 0.462 e. The zero-order valence-corrected chi connectivity index (χ0v) is 44.0. The molecule has 1 unspecified atom stereocenters. The van der Waals surface area contributed by atoms with Crippen molar-refractivity contribution in [2.45, 2.75) is 303 Å². The molecule has 0 saturated carbocycles. The van der Waals surface area contributed by atoms with Crippen LogP contribution in [0.2, 0.25) is 0 Å². The molecule has 0 aromatic heterocycles. The van der Waals surface area contributed by atoms with E-state index in [0.717, 1.165) is 103 Å². The van der Waals surface area contributed by atoms with E-state index in [1.807, 2.05) is 0 Å². The van der Waals surface area contributed by atoms with Crippen molar-refractivity contribution in [1.29, 1.82) is 0 Å². The predicted molar refractivity (Wildman–Crippen MR) is 284 cm³/mol. The molecule has 0 spiro atoms. The Morgan fingerprint density at radius 2 is 0.591 bits per heavy atom. The van der Waals surface area contributed by atoms with E-state index in [1.54, 1.807) is 0 Å². The maximum absolute atomic E-state index is 12.8. The molecule has 0 aliphatic heterocycles. The molecule has 0 radical (unpaired) electrons. The van der Waals surface area contributed by atoms with Crippen molar-refractivity contribution < 1.29 is 28.6 Å². The van der Waals surface area contributed by atoms with Crippen molar-refractivity contribution in [3.8, 4) is 0 Å². The molecule has 0 saturated heterocycles. The summed E-state index contributed by atoms with van der Waals surface area (Å²) in [7, 11) is 0. The lowest BCUT2D eigenvalue weighted by molar-refractivity contribution is -0.167. The first-order chi connectivity index (χ1) is 32.5. The maximum Gasteiger partial charge on any atom is 0.306 e. The Morgan fingerprint density at radius 1 is 0.318 bits per heavy atom. The van der Waals surface area contributed by atoms with Gasteiger partial charge < -0.3 is 14.2 Å². The Hall–Kier alpha value is -2.63. The first-order valence-electron chi connectivity index (χ1n) is 28.6. The highest BCUT2D eigenvalue weighted by Gasteiger charge is 2.19. The Bertz CT molecular complexity index is 1150. The van der Waals surface area contributed by atoms with E-state index in [1.165, 1.54) is 154 Å². The molecule has 0 aliphatic rings. The smallest absolute Gasteiger partial charge is 0.306 e. The van der Waals surface area contributed by atoms with Gasteiger partial charge in [0.05, 0.1) is 0 Å². The van der Waals surface area contributed by atoms with Crippen LogP contribution in [0.5, 0.6) is 0 Å². The normalized spacial score (nSPS) is 12.3. The van der Waals surface area contributed by atoms with Crippen LogP contribution in [0.3, 0.4) is 0 Å². The van der Waals surface area contributed by atoms with Crippen LogP contribution < -0.4 is 0 Å². The highest BCUT2D eigenvalue weighted by atomic mass is 16.6. The van der Waals surface area contributed by atoms with E-state index in [-0.39, 0.29) is 31.1 Å².